The van der Waals surface area contributed by atoms with E-state index in [0.29, 0.717) is 22.6 Å². The third-order valence-electron chi connectivity index (χ3n) is 3.25. The average molecular weight is 290 g/mol. The number of ketones is 1. The van der Waals surface area contributed by atoms with Crippen LogP contribution in [0, 0.1) is 0 Å². The second-order valence-electron chi connectivity index (χ2n) is 4.79. The van der Waals surface area contributed by atoms with Crippen LogP contribution in [0.2, 0.25) is 0 Å². The van der Waals surface area contributed by atoms with Crippen LogP contribution < -0.4 is 4.74 Å². The van der Waals surface area contributed by atoms with Crippen molar-refractivity contribution in [3.63, 3.8) is 0 Å². The predicted molar refractivity (Wildman–Crippen MR) is 84.5 cm³/mol. The SMILES string of the molecule is O=C(c1ccccc1)c1ccc(Oc2ccccc2O)cc1. The smallest absolute Gasteiger partial charge is 0.193 e. The molecule has 1 N–H and O–H groups in total. The lowest BCUT2D eigenvalue weighted by Crippen LogP contribution is -2.00. The van der Waals surface area contributed by atoms with Gasteiger partial charge in [-0.3, -0.25) is 4.79 Å². The van der Waals surface area contributed by atoms with Gasteiger partial charge in [0.15, 0.2) is 17.3 Å². The number of para-hydroxylation sites is 2. The van der Waals surface area contributed by atoms with Gasteiger partial charge in [0.2, 0.25) is 0 Å². The van der Waals surface area contributed by atoms with E-state index in [0.717, 1.165) is 0 Å². The van der Waals surface area contributed by atoms with Crippen molar-refractivity contribution < 1.29 is 14.6 Å². The van der Waals surface area contributed by atoms with Crippen LogP contribution in [0.25, 0.3) is 0 Å². The van der Waals surface area contributed by atoms with Gasteiger partial charge in [0.25, 0.3) is 0 Å². The zero-order valence-electron chi connectivity index (χ0n) is 11.8. The van der Waals surface area contributed by atoms with Crippen molar-refractivity contribution in [2.45, 2.75) is 0 Å². The molecule has 108 valence electrons. The van der Waals surface area contributed by atoms with E-state index in [4.69, 9.17) is 4.74 Å². The van der Waals surface area contributed by atoms with Gasteiger partial charge >= 0.3 is 0 Å². The second kappa shape index (κ2) is 6.14. The maximum atomic E-state index is 12.3. The van der Waals surface area contributed by atoms with Crippen LogP contribution in [0.1, 0.15) is 15.9 Å². The van der Waals surface area contributed by atoms with E-state index in [9.17, 15) is 9.90 Å². The minimum absolute atomic E-state index is 0.0327. The van der Waals surface area contributed by atoms with E-state index in [1.54, 1.807) is 60.7 Å². The number of carbonyl (C=O) groups excluding carboxylic acids is 1. The van der Waals surface area contributed by atoms with Crippen molar-refractivity contribution >= 4 is 5.78 Å². The maximum absolute atomic E-state index is 12.3. The fourth-order valence-electron chi connectivity index (χ4n) is 2.10. The minimum Gasteiger partial charge on any atom is -0.504 e. The first kappa shape index (κ1) is 13.9. The third-order valence-corrected chi connectivity index (χ3v) is 3.25. The number of hydrogen-bond acceptors (Lipinski definition) is 3. The van der Waals surface area contributed by atoms with E-state index in [2.05, 4.69) is 0 Å². The first-order valence-corrected chi connectivity index (χ1v) is 6.90. The lowest BCUT2D eigenvalue weighted by Gasteiger charge is -2.08. The van der Waals surface area contributed by atoms with Gasteiger partial charge in [-0.2, -0.15) is 0 Å². The Hall–Kier alpha value is -3.07. The summed E-state index contributed by atoms with van der Waals surface area (Å²) in [5.41, 5.74) is 1.24. The molecule has 0 aliphatic rings. The van der Waals surface area contributed by atoms with Gasteiger partial charge in [0, 0.05) is 11.1 Å². The summed E-state index contributed by atoms with van der Waals surface area (Å²) in [6, 6.07) is 22.7. The number of ether oxygens (including phenoxy) is 1. The summed E-state index contributed by atoms with van der Waals surface area (Å²) >= 11 is 0. The topological polar surface area (TPSA) is 46.5 Å². The largest absolute Gasteiger partial charge is 0.504 e. The third kappa shape index (κ3) is 2.99. The first-order chi connectivity index (χ1) is 10.7. The molecule has 3 aromatic rings. The lowest BCUT2D eigenvalue weighted by atomic mass is 10.0. The number of phenolic OH excluding ortho intramolecular Hbond substituents is 1. The summed E-state index contributed by atoms with van der Waals surface area (Å²) in [5.74, 6) is 0.984. The molecule has 3 nitrogen and oxygen atoms in total. The summed E-state index contributed by atoms with van der Waals surface area (Å²) in [7, 11) is 0. The van der Waals surface area contributed by atoms with E-state index in [1.165, 1.54) is 0 Å². The number of carbonyl (C=O) groups is 1. The van der Waals surface area contributed by atoms with E-state index < -0.39 is 0 Å². The molecule has 0 saturated heterocycles. The quantitative estimate of drug-likeness (QED) is 0.724. The molecule has 3 heteroatoms. The normalized spacial score (nSPS) is 10.2. The van der Waals surface area contributed by atoms with Crippen LogP contribution in [0.5, 0.6) is 17.2 Å². The van der Waals surface area contributed by atoms with Crippen molar-refractivity contribution in [1.29, 1.82) is 0 Å². The maximum Gasteiger partial charge on any atom is 0.193 e. The molecule has 0 unspecified atom stereocenters. The van der Waals surface area contributed by atoms with Crippen molar-refractivity contribution in [2.24, 2.45) is 0 Å². The van der Waals surface area contributed by atoms with Crippen molar-refractivity contribution in [3.8, 4) is 17.2 Å². The molecule has 0 heterocycles. The number of hydrogen-bond donors (Lipinski definition) is 1. The summed E-state index contributed by atoms with van der Waals surface area (Å²) in [6.07, 6.45) is 0. The molecule has 3 rings (SSSR count). The Morgan fingerprint density at radius 1 is 0.727 bits per heavy atom. The average Bonchev–Trinajstić information content (AvgIpc) is 2.58. The molecule has 0 aliphatic carbocycles. The van der Waals surface area contributed by atoms with Gasteiger partial charge in [-0.15, -0.1) is 0 Å². The molecule has 0 spiro atoms. The van der Waals surface area contributed by atoms with Gasteiger partial charge in [0.1, 0.15) is 5.75 Å². The van der Waals surface area contributed by atoms with Gasteiger partial charge in [0.05, 0.1) is 0 Å². The van der Waals surface area contributed by atoms with E-state index >= 15 is 0 Å². The molecule has 3 aromatic carbocycles. The van der Waals surface area contributed by atoms with Crippen molar-refractivity contribution in [1.82, 2.24) is 0 Å². The molecule has 0 amide bonds. The van der Waals surface area contributed by atoms with E-state index in [-0.39, 0.29) is 11.5 Å². The van der Waals surface area contributed by atoms with Crippen LogP contribution in [-0.4, -0.2) is 10.9 Å². The standard InChI is InChI=1S/C19H14O3/c20-17-8-4-5-9-18(17)22-16-12-10-15(11-13-16)19(21)14-6-2-1-3-7-14/h1-13,20H. The van der Waals surface area contributed by atoms with Crippen LogP contribution in [0.15, 0.2) is 78.9 Å². The van der Waals surface area contributed by atoms with Crippen molar-refractivity contribution in [2.75, 3.05) is 0 Å². The summed E-state index contributed by atoms with van der Waals surface area (Å²) in [5, 5.41) is 9.68. The molecule has 0 fully saturated rings. The molecule has 0 aromatic heterocycles. The summed E-state index contributed by atoms with van der Waals surface area (Å²) in [6.45, 7) is 0. The fourth-order valence-corrected chi connectivity index (χ4v) is 2.10. The Balaban J connectivity index is 1.79. The Labute approximate surface area is 128 Å². The highest BCUT2D eigenvalue weighted by molar-refractivity contribution is 6.08. The molecule has 22 heavy (non-hydrogen) atoms. The molecule has 0 radical (unpaired) electrons. The minimum atomic E-state index is -0.0327. The number of phenols is 1. The van der Waals surface area contributed by atoms with Crippen LogP contribution in [0.4, 0.5) is 0 Å². The Morgan fingerprint density at radius 2 is 1.32 bits per heavy atom. The second-order valence-corrected chi connectivity index (χ2v) is 4.79. The van der Waals surface area contributed by atoms with Gasteiger partial charge in [-0.1, -0.05) is 42.5 Å². The Bertz CT molecular complexity index is 777. The highest BCUT2D eigenvalue weighted by Gasteiger charge is 2.09. The Kier molecular flexibility index (Phi) is 3.88. The zero-order chi connectivity index (χ0) is 15.4. The predicted octanol–water partition coefficient (Wildman–Crippen LogP) is 4.42. The first-order valence-electron chi connectivity index (χ1n) is 6.90. The summed E-state index contributed by atoms with van der Waals surface area (Å²) in [4.78, 5) is 12.3. The highest BCUT2D eigenvalue weighted by Crippen LogP contribution is 2.30. The molecule has 0 atom stereocenters. The highest BCUT2D eigenvalue weighted by atomic mass is 16.5. The lowest BCUT2D eigenvalue weighted by molar-refractivity contribution is 0.103. The van der Waals surface area contributed by atoms with Crippen LogP contribution in [0.3, 0.4) is 0 Å². The number of rotatable bonds is 4. The van der Waals surface area contributed by atoms with Crippen molar-refractivity contribution in [3.05, 3.63) is 90.0 Å². The van der Waals surface area contributed by atoms with Crippen LogP contribution >= 0.6 is 0 Å². The zero-order valence-corrected chi connectivity index (χ0v) is 11.8. The molecule has 0 aliphatic heterocycles. The van der Waals surface area contributed by atoms with E-state index in [1.807, 2.05) is 18.2 Å². The number of benzene rings is 3. The monoisotopic (exact) mass is 290 g/mol. The fraction of sp³-hybridized carbons (Fsp3) is 0. The molecule has 0 saturated carbocycles. The molecular weight excluding hydrogens is 276 g/mol. The van der Waals surface area contributed by atoms with Gasteiger partial charge < -0.3 is 9.84 Å². The van der Waals surface area contributed by atoms with Crippen LogP contribution in [-0.2, 0) is 0 Å². The Morgan fingerprint density at radius 3 is 2.00 bits per heavy atom. The summed E-state index contributed by atoms with van der Waals surface area (Å²) < 4.78 is 5.59. The number of aromatic hydroxyl groups is 1. The molecular formula is C19H14O3. The van der Waals surface area contributed by atoms with Gasteiger partial charge in [-0.25, -0.2) is 0 Å². The molecule has 0 bridgehead atoms. The van der Waals surface area contributed by atoms with Gasteiger partial charge in [-0.05, 0) is 36.4 Å².